The molecule has 7 heteroatoms. The summed E-state index contributed by atoms with van der Waals surface area (Å²) in [5.41, 5.74) is 2.14. The predicted octanol–water partition coefficient (Wildman–Crippen LogP) is 3.89. The number of hydrogen-bond donors (Lipinski definition) is 2. The van der Waals surface area contributed by atoms with Gasteiger partial charge >= 0.3 is 0 Å². The standard InChI is InChI=1S/C22H23BrN4O2/c1-26-9-2-10-27(12-11-26)17-6-4-16(5-7-17)24-14-20-19-13-15(23)3-8-18(19)21(28)25-22(20)29/h3-8,13-14H,2,9-12H2,1H3,(H2,25,28,29). The average molecular weight is 455 g/mol. The van der Waals surface area contributed by atoms with Crippen molar-refractivity contribution in [2.24, 2.45) is 4.99 Å². The molecule has 2 heterocycles. The Balaban J connectivity index is 1.60. The first kappa shape index (κ1) is 19.7. The number of anilines is 1. The van der Waals surface area contributed by atoms with Crippen LogP contribution in [-0.4, -0.2) is 54.4 Å². The van der Waals surface area contributed by atoms with Gasteiger partial charge in [-0.3, -0.25) is 14.8 Å². The van der Waals surface area contributed by atoms with Crippen LogP contribution in [0.5, 0.6) is 5.88 Å². The van der Waals surface area contributed by atoms with Crippen molar-refractivity contribution in [3.8, 4) is 5.88 Å². The molecule has 2 N–H and O–H groups in total. The molecule has 0 saturated carbocycles. The smallest absolute Gasteiger partial charge is 0.258 e. The van der Waals surface area contributed by atoms with Gasteiger partial charge in [0.1, 0.15) is 0 Å². The van der Waals surface area contributed by atoms with Crippen molar-refractivity contribution in [2.75, 3.05) is 38.1 Å². The van der Waals surface area contributed by atoms with Gasteiger partial charge in [0, 0.05) is 46.8 Å². The van der Waals surface area contributed by atoms with E-state index in [0.29, 0.717) is 16.3 Å². The number of halogens is 1. The van der Waals surface area contributed by atoms with Crippen LogP contribution < -0.4 is 10.5 Å². The molecule has 0 unspecified atom stereocenters. The van der Waals surface area contributed by atoms with Gasteiger partial charge < -0.3 is 14.9 Å². The molecule has 1 aliphatic rings. The number of aliphatic imine (C=N–C) groups is 1. The summed E-state index contributed by atoms with van der Waals surface area (Å²) in [6.45, 7) is 4.27. The van der Waals surface area contributed by atoms with Gasteiger partial charge in [-0.2, -0.15) is 0 Å². The molecule has 150 valence electrons. The molecule has 1 aliphatic heterocycles. The third-order valence-electron chi connectivity index (χ3n) is 5.28. The quantitative estimate of drug-likeness (QED) is 0.588. The number of rotatable bonds is 3. The summed E-state index contributed by atoms with van der Waals surface area (Å²) in [6, 6.07) is 13.4. The monoisotopic (exact) mass is 454 g/mol. The number of fused-ring (bicyclic) bond motifs is 1. The minimum absolute atomic E-state index is 0.186. The molecule has 4 rings (SSSR count). The Hall–Kier alpha value is -2.64. The summed E-state index contributed by atoms with van der Waals surface area (Å²) in [5.74, 6) is -0.186. The van der Waals surface area contributed by atoms with Crippen LogP contribution in [0, 0.1) is 0 Å². The molecule has 6 nitrogen and oxygen atoms in total. The number of nitrogens with zero attached hydrogens (tertiary/aromatic N) is 3. The molecule has 29 heavy (non-hydrogen) atoms. The largest absolute Gasteiger partial charge is 0.494 e. The molecule has 1 saturated heterocycles. The lowest BCUT2D eigenvalue weighted by Gasteiger charge is -2.22. The van der Waals surface area contributed by atoms with Crippen molar-refractivity contribution in [1.82, 2.24) is 9.88 Å². The van der Waals surface area contributed by atoms with Gasteiger partial charge in [0.25, 0.3) is 5.56 Å². The van der Waals surface area contributed by atoms with Crippen molar-refractivity contribution in [1.29, 1.82) is 0 Å². The number of hydrogen-bond acceptors (Lipinski definition) is 5. The SMILES string of the molecule is CN1CCCN(c2ccc(N=Cc3c(O)[nH]c(=O)c4ccc(Br)cc34)cc2)CC1. The molecule has 0 aliphatic carbocycles. The van der Waals surface area contributed by atoms with Crippen molar-refractivity contribution < 1.29 is 5.11 Å². The van der Waals surface area contributed by atoms with E-state index in [4.69, 9.17) is 0 Å². The fourth-order valence-corrected chi connectivity index (χ4v) is 3.99. The first-order valence-electron chi connectivity index (χ1n) is 9.63. The van der Waals surface area contributed by atoms with Crippen LogP contribution in [0.1, 0.15) is 12.0 Å². The van der Waals surface area contributed by atoms with Crippen LogP contribution in [-0.2, 0) is 0 Å². The van der Waals surface area contributed by atoms with Gasteiger partial charge in [-0.25, -0.2) is 0 Å². The van der Waals surface area contributed by atoms with E-state index in [1.54, 1.807) is 18.3 Å². The number of aromatic hydroxyl groups is 1. The Morgan fingerprint density at radius 2 is 1.86 bits per heavy atom. The minimum Gasteiger partial charge on any atom is -0.494 e. The fourth-order valence-electron chi connectivity index (χ4n) is 3.63. The average Bonchev–Trinajstić information content (AvgIpc) is 2.92. The van der Waals surface area contributed by atoms with Gasteiger partial charge in [0.05, 0.1) is 11.3 Å². The van der Waals surface area contributed by atoms with E-state index >= 15 is 0 Å². The molecule has 1 aromatic heterocycles. The van der Waals surface area contributed by atoms with Crippen molar-refractivity contribution in [2.45, 2.75) is 6.42 Å². The number of nitrogens with one attached hydrogen (secondary N) is 1. The van der Waals surface area contributed by atoms with E-state index in [-0.39, 0.29) is 11.4 Å². The highest BCUT2D eigenvalue weighted by atomic mass is 79.9. The van der Waals surface area contributed by atoms with Crippen LogP contribution in [0.2, 0.25) is 0 Å². The molecular weight excluding hydrogens is 432 g/mol. The van der Waals surface area contributed by atoms with Crippen molar-refractivity contribution >= 4 is 44.3 Å². The van der Waals surface area contributed by atoms with Gasteiger partial charge in [-0.1, -0.05) is 15.9 Å². The Morgan fingerprint density at radius 3 is 2.66 bits per heavy atom. The lowest BCUT2D eigenvalue weighted by atomic mass is 10.1. The second kappa shape index (κ2) is 8.39. The minimum atomic E-state index is -0.324. The maximum atomic E-state index is 12.1. The summed E-state index contributed by atoms with van der Waals surface area (Å²) < 4.78 is 0.831. The van der Waals surface area contributed by atoms with Crippen molar-refractivity contribution in [3.63, 3.8) is 0 Å². The van der Waals surface area contributed by atoms with E-state index < -0.39 is 0 Å². The summed E-state index contributed by atoms with van der Waals surface area (Å²) in [7, 11) is 2.16. The highest BCUT2D eigenvalue weighted by Crippen LogP contribution is 2.26. The summed E-state index contributed by atoms with van der Waals surface area (Å²) >= 11 is 3.42. The first-order chi connectivity index (χ1) is 14.0. The third kappa shape index (κ3) is 4.36. The molecule has 0 spiro atoms. The highest BCUT2D eigenvalue weighted by Gasteiger charge is 2.13. The Kier molecular flexibility index (Phi) is 5.69. The zero-order chi connectivity index (χ0) is 20.4. The molecule has 0 radical (unpaired) electrons. The van der Waals surface area contributed by atoms with E-state index in [0.717, 1.165) is 42.8 Å². The molecule has 3 aromatic rings. The number of benzene rings is 2. The van der Waals surface area contributed by atoms with Crippen LogP contribution >= 0.6 is 15.9 Å². The topological polar surface area (TPSA) is 71.9 Å². The van der Waals surface area contributed by atoms with E-state index in [9.17, 15) is 9.90 Å². The second-order valence-electron chi connectivity index (χ2n) is 7.32. The number of pyridine rings is 1. The fraction of sp³-hybridized carbons (Fsp3) is 0.273. The predicted molar refractivity (Wildman–Crippen MR) is 122 cm³/mol. The first-order valence-corrected chi connectivity index (χ1v) is 10.4. The van der Waals surface area contributed by atoms with Crippen LogP contribution in [0.25, 0.3) is 10.8 Å². The normalized spacial score (nSPS) is 15.9. The van der Waals surface area contributed by atoms with Gasteiger partial charge in [0.15, 0.2) is 0 Å². The maximum absolute atomic E-state index is 12.1. The Labute approximate surface area is 177 Å². The highest BCUT2D eigenvalue weighted by molar-refractivity contribution is 9.10. The van der Waals surface area contributed by atoms with Crippen LogP contribution in [0.15, 0.2) is 56.7 Å². The number of aromatic nitrogens is 1. The molecule has 0 amide bonds. The summed E-state index contributed by atoms with van der Waals surface area (Å²) in [5, 5.41) is 11.4. The third-order valence-corrected chi connectivity index (χ3v) is 5.77. The number of H-pyrrole nitrogens is 1. The lowest BCUT2D eigenvalue weighted by Crippen LogP contribution is -2.28. The number of aromatic amines is 1. The summed E-state index contributed by atoms with van der Waals surface area (Å²) in [4.78, 5) is 23.8. The van der Waals surface area contributed by atoms with Gasteiger partial charge in [-0.15, -0.1) is 0 Å². The van der Waals surface area contributed by atoms with Crippen LogP contribution in [0.4, 0.5) is 11.4 Å². The van der Waals surface area contributed by atoms with E-state index in [1.165, 1.54) is 5.69 Å². The lowest BCUT2D eigenvalue weighted by molar-refractivity contribution is 0.360. The molecule has 2 aromatic carbocycles. The van der Waals surface area contributed by atoms with Crippen LogP contribution in [0.3, 0.4) is 0 Å². The van der Waals surface area contributed by atoms with Crippen molar-refractivity contribution in [3.05, 3.63) is 62.9 Å². The molecule has 0 bridgehead atoms. The molecular formula is C22H23BrN4O2. The number of likely N-dealkylation sites (N-methyl/N-ethyl adjacent to an activating group) is 1. The zero-order valence-electron chi connectivity index (χ0n) is 16.2. The Morgan fingerprint density at radius 1 is 1.07 bits per heavy atom. The van der Waals surface area contributed by atoms with Gasteiger partial charge in [0.2, 0.25) is 5.88 Å². The van der Waals surface area contributed by atoms with Gasteiger partial charge in [-0.05, 0) is 62.5 Å². The van der Waals surface area contributed by atoms with E-state index in [1.807, 2.05) is 18.2 Å². The summed E-state index contributed by atoms with van der Waals surface area (Å²) in [6.07, 6.45) is 2.75. The Bertz CT molecular complexity index is 1110. The molecule has 1 fully saturated rings. The second-order valence-corrected chi connectivity index (χ2v) is 8.24. The zero-order valence-corrected chi connectivity index (χ0v) is 17.8. The van der Waals surface area contributed by atoms with E-state index in [2.05, 4.69) is 54.9 Å². The molecule has 0 atom stereocenters. The maximum Gasteiger partial charge on any atom is 0.258 e.